The first kappa shape index (κ1) is 12.6. The highest BCUT2D eigenvalue weighted by Crippen LogP contribution is 2.36. The van der Waals surface area contributed by atoms with E-state index in [1.807, 2.05) is 0 Å². The third-order valence-electron chi connectivity index (χ3n) is 2.69. The molecule has 97 valence electrons. The van der Waals surface area contributed by atoms with Crippen molar-refractivity contribution in [3.8, 4) is 0 Å². The molecule has 1 atom stereocenters. The molecule has 0 amide bonds. The molecule has 0 spiro atoms. The standard InChI is InChI=1S/C10H6N3O6/c14-11(15)6-4-8-7(10(5-6)13(18)19)2-1-3-9(8)12(16)17/h1-5,10H. The smallest absolute Gasteiger partial charge is 0.264 e. The molecule has 0 N–H and O–H groups in total. The first-order valence-corrected chi connectivity index (χ1v) is 5.03. The number of fused-ring (bicyclic) bond motifs is 1. The summed E-state index contributed by atoms with van der Waals surface area (Å²) in [6, 6.07) is 2.35. The molecule has 9 nitrogen and oxygen atoms in total. The SMILES string of the molecule is O=[N+]([O-])C1=CC([N+](=O)[O-])c2cccc([N+](=O)[O-])c2[CH]1. The van der Waals surface area contributed by atoms with Gasteiger partial charge in [0.2, 0.25) is 0 Å². The first-order chi connectivity index (χ1) is 8.91. The van der Waals surface area contributed by atoms with E-state index in [1.165, 1.54) is 12.1 Å². The van der Waals surface area contributed by atoms with E-state index in [0.717, 1.165) is 18.6 Å². The molecule has 0 saturated carbocycles. The van der Waals surface area contributed by atoms with Crippen molar-refractivity contribution in [2.24, 2.45) is 0 Å². The lowest BCUT2D eigenvalue weighted by Gasteiger charge is -2.15. The maximum absolute atomic E-state index is 10.9. The minimum atomic E-state index is -1.46. The fourth-order valence-electron chi connectivity index (χ4n) is 1.88. The van der Waals surface area contributed by atoms with Crippen molar-refractivity contribution in [1.29, 1.82) is 0 Å². The minimum Gasteiger partial charge on any atom is -0.264 e. The molecule has 1 aliphatic carbocycles. The maximum atomic E-state index is 10.9. The second kappa shape index (κ2) is 4.44. The molecule has 0 aliphatic heterocycles. The number of benzene rings is 1. The summed E-state index contributed by atoms with van der Waals surface area (Å²) in [7, 11) is 0. The number of nitro benzene ring substituents is 1. The van der Waals surface area contributed by atoms with Crippen molar-refractivity contribution in [1.82, 2.24) is 0 Å². The third kappa shape index (κ3) is 2.12. The summed E-state index contributed by atoms with van der Waals surface area (Å²) >= 11 is 0. The molecule has 0 fully saturated rings. The summed E-state index contributed by atoms with van der Waals surface area (Å²) in [4.78, 5) is 30.2. The van der Waals surface area contributed by atoms with Crippen molar-refractivity contribution in [3.05, 3.63) is 77.9 Å². The predicted molar refractivity (Wildman–Crippen MR) is 61.3 cm³/mol. The van der Waals surface area contributed by atoms with Gasteiger partial charge in [-0.15, -0.1) is 0 Å². The van der Waals surface area contributed by atoms with Crippen LogP contribution in [0.1, 0.15) is 17.2 Å². The van der Waals surface area contributed by atoms with Gasteiger partial charge in [-0.25, -0.2) is 0 Å². The summed E-state index contributed by atoms with van der Waals surface area (Å²) in [5.41, 5.74) is -0.937. The molecule has 0 bridgehead atoms. The van der Waals surface area contributed by atoms with Crippen LogP contribution in [0.5, 0.6) is 0 Å². The molecule has 0 aromatic heterocycles. The van der Waals surface area contributed by atoms with Crippen LogP contribution in [0.4, 0.5) is 5.69 Å². The number of allylic oxidation sites excluding steroid dienone is 1. The van der Waals surface area contributed by atoms with Crippen molar-refractivity contribution in [2.75, 3.05) is 0 Å². The minimum absolute atomic E-state index is 0.0739. The Labute approximate surface area is 105 Å². The largest absolute Gasteiger partial charge is 0.274 e. The van der Waals surface area contributed by atoms with Gasteiger partial charge in [-0.05, 0) is 0 Å². The molecule has 9 heteroatoms. The van der Waals surface area contributed by atoms with Gasteiger partial charge in [0, 0.05) is 16.6 Å². The van der Waals surface area contributed by atoms with E-state index in [-0.39, 0.29) is 11.1 Å². The Hall–Kier alpha value is -2.84. The highest BCUT2D eigenvalue weighted by Gasteiger charge is 2.37. The van der Waals surface area contributed by atoms with Gasteiger partial charge in [-0.1, -0.05) is 12.1 Å². The lowest BCUT2D eigenvalue weighted by molar-refractivity contribution is -0.518. The van der Waals surface area contributed by atoms with Crippen LogP contribution in [0.15, 0.2) is 30.0 Å². The summed E-state index contributed by atoms with van der Waals surface area (Å²) < 4.78 is 0. The Morgan fingerprint density at radius 1 is 1.00 bits per heavy atom. The van der Waals surface area contributed by atoms with E-state index in [2.05, 4.69) is 0 Å². The van der Waals surface area contributed by atoms with Gasteiger partial charge in [-0.3, -0.25) is 30.3 Å². The highest BCUT2D eigenvalue weighted by molar-refractivity contribution is 5.56. The van der Waals surface area contributed by atoms with Crippen LogP contribution in [-0.2, 0) is 0 Å². The number of nitro groups is 3. The molecule has 0 saturated heterocycles. The van der Waals surface area contributed by atoms with Crippen molar-refractivity contribution in [3.63, 3.8) is 0 Å². The molecule has 19 heavy (non-hydrogen) atoms. The van der Waals surface area contributed by atoms with Crippen LogP contribution >= 0.6 is 0 Å². The first-order valence-electron chi connectivity index (χ1n) is 5.03. The maximum Gasteiger partial charge on any atom is 0.274 e. The topological polar surface area (TPSA) is 129 Å². The second-order valence-electron chi connectivity index (χ2n) is 3.76. The highest BCUT2D eigenvalue weighted by atomic mass is 16.6. The Morgan fingerprint density at radius 2 is 1.68 bits per heavy atom. The fraction of sp³-hybridized carbons (Fsp3) is 0.100. The summed E-state index contributed by atoms with van der Waals surface area (Å²) in [6.45, 7) is 0. The quantitative estimate of drug-likeness (QED) is 0.602. The number of hydrogen-bond donors (Lipinski definition) is 0. The Kier molecular flexibility index (Phi) is 2.95. The lowest BCUT2D eigenvalue weighted by atomic mass is 9.90. The number of hydrogen-bond acceptors (Lipinski definition) is 6. The molecule has 1 radical (unpaired) electrons. The molecule has 1 unspecified atom stereocenters. The van der Waals surface area contributed by atoms with Crippen LogP contribution in [0.25, 0.3) is 0 Å². The molecular formula is C10H6N3O6. The van der Waals surface area contributed by atoms with Crippen LogP contribution in [0, 0.1) is 36.8 Å². The Balaban J connectivity index is 2.64. The van der Waals surface area contributed by atoms with Crippen LogP contribution < -0.4 is 0 Å². The molecular weight excluding hydrogens is 258 g/mol. The van der Waals surface area contributed by atoms with Crippen LogP contribution in [0.2, 0.25) is 0 Å². The lowest BCUT2D eigenvalue weighted by Crippen LogP contribution is -2.18. The predicted octanol–water partition coefficient (Wildman–Crippen LogP) is 1.64. The van der Waals surface area contributed by atoms with Gasteiger partial charge in [0.1, 0.15) is 0 Å². The Morgan fingerprint density at radius 3 is 2.21 bits per heavy atom. The molecule has 1 aliphatic rings. The Bertz CT molecular complexity index is 624. The van der Waals surface area contributed by atoms with Crippen molar-refractivity contribution in [2.45, 2.75) is 6.04 Å². The van der Waals surface area contributed by atoms with Gasteiger partial charge in [0.05, 0.1) is 27.9 Å². The zero-order chi connectivity index (χ0) is 14.2. The molecule has 1 aromatic rings. The fourth-order valence-corrected chi connectivity index (χ4v) is 1.88. The van der Waals surface area contributed by atoms with Crippen LogP contribution in [0.3, 0.4) is 0 Å². The third-order valence-corrected chi connectivity index (χ3v) is 2.69. The van der Waals surface area contributed by atoms with E-state index in [1.54, 1.807) is 0 Å². The second-order valence-corrected chi connectivity index (χ2v) is 3.76. The average molecular weight is 264 g/mol. The molecule has 2 rings (SSSR count). The normalized spacial score (nSPS) is 17.3. The van der Waals surface area contributed by atoms with Crippen molar-refractivity contribution < 1.29 is 14.8 Å². The summed E-state index contributed by atoms with van der Waals surface area (Å²) in [6.07, 6.45) is 1.85. The molecule has 1 aromatic carbocycles. The van der Waals surface area contributed by atoms with E-state index in [4.69, 9.17) is 0 Å². The van der Waals surface area contributed by atoms with Gasteiger partial charge < -0.3 is 0 Å². The van der Waals surface area contributed by atoms with Gasteiger partial charge >= 0.3 is 0 Å². The van der Waals surface area contributed by atoms with Crippen LogP contribution in [-0.4, -0.2) is 14.8 Å². The van der Waals surface area contributed by atoms with Gasteiger partial charge in [0.25, 0.3) is 17.4 Å². The van der Waals surface area contributed by atoms with Crippen molar-refractivity contribution >= 4 is 5.69 Å². The van der Waals surface area contributed by atoms with E-state index < -0.39 is 32.2 Å². The van der Waals surface area contributed by atoms with E-state index in [9.17, 15) is 30.3 Å². The number of rotatable bonds is 3. The van der Waals surface area contributed by atoms with E-state index in [0.29, 0.717) is 0 Å². The zero-order valence-electron chi connectivity index (χ0n) is 9.26. The number of nitrogens with zero attached hydrogens (tertiary/aromatic N) is 3. The average Bonchev–Trinajstić information content (AvgIpc) is 2.36. The monoisotopic (exact) mass is 264 g/mol. The zero-order valence-corrected chi connectivity index (χ0v) is 9.26. The van der Waals surface area contributed by atoms with Gasteiger partial charge in [-0.2, -0.15) is 0 Å². The molecule has 0 heterocycles. The summed E-state index contributed by atoms with van der Waals surface area (Å²) in [5, 5.41) is 32.5. The van der Waals surface area contributed by atoms with Gasteiger partial charge in [0.15, 0.2) is 0 Å². The van der Waals surface area contributed by atoms with E-state index >= 15 is 0 Å². The summed E-state index contributed by atoms with van der Waals surface area (Å²) in [5.74, 6) is 0.